The summed E-state index contributed by atoms with van der Waals surface area (Å²) in [5, 5.41) is 6.53. The minimum Gasteiger partial charge on any atom is -0.484 e. The molecule has 0 saturated carbocycles. The highest BCUT2D eigenvalue weighted by molar-refractivity contribution is 14.1. The molecule has 2 aromatic carbocycles. The Hall–Kier alpha value is -6.90. The van der Waals surface area contributed by atoms with Crippen LogP contribution >= 0.6 is 22.6 Å². The molecule has 0 unspecified atom stereocenters. The van der Waals surface area contributed by atoms with Crippen LogP contribution < -0.4 is 24.8 Å². The number of halogens is 4. The number of rotatable bonds is 14. The molecule has 15 nitrogen and oxygen atoms in total. The fourth-order valence-electron chi connectivity index (χ4n) is 5.33. The molecule has 59 heavy (non-hydrogen) atoms. The summed E-state index contributed by atoms with van der Waals surface area (Å²) in [6, 6.07) is 21.7. The SMILES string of the molecule is FC(F)(F)COc1ccnc(Oc2ccc(CCNc3ncnc4nccnc34)cc2)c1.Ic1ccnc(Oc2ccc(CCNc3ncnc4nccnc34)cc2)c1. The van der Waals surface area contributed by atoms with Crippen molar-refractivity contribution in [1.82, 2.24) is 49.8 Å². The lowest BCUT2D eigenvalue weighted by Crippen LogP contribution is -2.19. The summed E-state index contributed by atoms with van der Waals surface area (Å²) >= 11 is 2.23. The number of benzene rings is 2. The lowest BCUT2D eigenvalue weighted by atomic mass is 10.1. The van der Waals surface area contributed by atoms with Crippen molar-refractivity contribution in [1.29, 1.82) is 0 Å². The predicted molar refractivity (Wildman–Crippen MR) is 220 cm³/mol. The molecule has 0 atom stereocenters. The number of nitrogens with zero attached hydrogens (tertiary/aromatic N) is 10. The van der Waals surface area contributed by atoms with Gasteiger partial charge >= 0.3 is 6.18 Å². The molecule has 298 valence electrons. The molecule has 0 amide bonds. The highest BCUT2D eigenvalue weighted by Gasteiger charge is 2.28. The molecule has 6 aromatic heterocycles. The lowest BCUT2D eigenvalue weighted by Gasteiger charge is -2.11. The van der Waals surface area contributed by atoms with Crippen LogP contribution in [0.2, 0.25) is 0 Å². The first-order chi connectivity index (χ1) is 28.7. The molecular formula is C40H32F3IN12O3. The van der Waals surface area contributed by atoms with Gasteiger partial charge in [-0.15, -0.1) is 0 Å². The topological polar surface area (TPSA) is 181 Å². The third-order valence-electron chi connectivity index (χ3n) is 8.05. The van der Waals surface area contributed by atoms with Gasteiger partial charge in [0.05, 0.1) is 0 Å². The summed E-state index contributed by atoms with van der Waals surface area (Å²) in [6.07, 6.45) is 9.54. The van der Waals surface area contributed by atoms with Crippen molar-refractivity contribution >= 4 is 56.6 Å². The van der Waals surface area contributed by atoms with Crippen molar-refractivity contribution in [2.75, 3.05) is 30.3 Å². The van der Waals surface area contributed by atoms with Gasteiger partial charge in [-0.25, -0.2) is 49.8 Å². The molecule has 8 rings (SSSR count). The summed E-state index contributed by atoms with van der Waals surface area (Å²) in [5.41, 5.74) is 4.62. The van der Waals surface area contributed by atoms with Crippen molar-refractivity contribution in [3.8, 4) is 29.0 Å². The van der Waals surface area contributed by atoms with Crippen LogP contribution in [0.3, 0.4) is 0 Å². The van der Waals surface area contributed by atoms with E-state index in [2.05, 4.69) is 83.1 Å². The van der Waals surface area contributed by atoms with E-state index < -0.39 is 12.8 Å². The molecule has 0 aliphatic carbocycles. The number of ether oxygens (including phenoxy) is 3. The molecule has 0 spiro atoms. The standard InChI is InChI=1S/C21H17F3N6O2.C19H15IN6O/c22-21(23,24)12-31-16-6-8-25-17(11-16)32-15-3-1-14(2-4-15)5-7-27-19-18-20(30-13-29-19)28-10-9-26-18;20-14-6-8-21-16(11-14)27-15-3-1-13(2-4-15)5-7-23-18-17-19(26-12-25-18)24-10-9-22-17/h1-4,6,8-11,13H,5,7,12H2,(H,27,28,29,30);1-4,6,8-12H,5,7H2,(H,23,24,25,26). The predicted octanol–water partition coefficient (Wildman–Crippen LogP) is 8.07. The normalized spacial score (nSPS) is 11.1. The summed E-state index contributed by atoms with van der Waals surface area (Å²) in [7, 11) is 0. The molecule has 0 radical (unpaired) electrons. The highest BCUT2D eigenvalue weighted by atomic mass is 127. The van der Waals surface area contributed by atoms with E-state index in [1.165, 1.54) is 36.5 Å². The van der Waals surface area contributed by atoms with Crippen molar-refractivity contribution in [2.45, 2.75) is 19.0 Å². The molecule has 0 aliphatic rings. The maximum absolute atomic E-state index is 12.3. The average molecular weight is 913 g/mol. The zero-order chi connectivity index (χ0) is 40.9. The van der Waals surface area contributed by atoms with E-state index in [0.29, 0.717) is 58.6 Å². The van der Waals surface area contributed by atoms with Crippen molar-refractivity contribution in [3.05, 3.63) is 137 Å². The summed E-state index contributed by atoms with van der Waals surface area (Å²) in [5.74, 6) is 3.32. The van der Waals surface area contributed by atoms with Gasteiger partial charge in [0.2, 0.25) is 11.8 Å². The van der Waals surface area contributed by atoms with Crippen molar-refractivity contribution in [3.63, 3.8) is 0 Å². The third-order valence-corrected chi connectivity index (χ3v) is 8.72. The van der Waals surface area contributed by atoms with Crippen LogP contribution in [0.25, 0.3) is 22.3 Å². The van der Waals surface area contributed by atoms with Gasteiger partial charge in [-0.05, 0) is 83.0 Å². The summed E-state index contributed by atoms with van der Waals surface area (Å²) < 4.78 is 54.0. The van der Waals surface area contributed by atoms with Gasteiger partial charge in [-0.2, -0.15) is 13.2 Å². The Kier molecular flexibility index (Phi) is 13.3. The number of aromatic nitrogens is 10. The minimum absolute atomic E-state index is 0.0250. The van der Waals surface area contributed by atoms with E-state index >= 15 is 0 Å². The monoisotopic (exact) mass is 912 g/mol. The molecule has 6 heterocycles. The number of nitrogens with one attached hydrogen (secondary N) is 2. The van der Waals surface area contributed by atoms with E-state index in [4.69, 9.17) is 14.2 Å². The molecule has 8 aromatic rings. The van der Waals surface area contributed by atoms with Crippen LogP contribution in [-0.2, 0) is 12.8 Å². The van der Waals surface area contributed by atoms with Gasteiger partial charge in [-0.1, -0.05) is 24.3 Å². The van der Waals surface area contributed by atoms with E-state index in [9.17, 15) is 13.2 Å². The first-order valence-electron chi connectivity index (χ1n) is 17.9. The summed E-state index contributed by atoms with van der Waals surface area (Å²) in [4.78, 5) is 41.7. The van der Waals surface area contributed by atoms with Gasteiger partial charge in [0.15, 0.2) is 29.5 Å². The molecule has 2 N–H and O–H groups in total. The van der Waals surface area contributed by atoms with Gasteiger partial charge in [-0.3, -0.25) is 0 Å². The van der Waals surface area contributed by atoms with Crippen molar-refractivity contribution in [2.24, 2.45) is 0 Å². The second-order valence-corrected chi connectivity index (χ2v) is 13.5. The lowest BCUT2D eigenvalue weighted by molar-refractivity contribution is -0.153. The Labute approximate surface area is 348 Å². The Morgan fingerprint density at radius 2 is 1.00 bits per heavy atom. The van der Waals surface area contributed by atoms with E-state index in [1.54, 1.807) is 43.1 Å². The van der Waals surface area contributed by atoms with Gasteiger partial charge in [0.1, 0.15) is 40.9 Å². The molecule has 0 aliphatic heterocycles. The Bertz CT molecular complexity index is 2600. The number of pyridine rings is 2. The van der Waals surface area contributed by atoms with Crippen LogP contribution in [0.4, 0.5) is 24.8 Å². The van der Waals surface area contributed by atoms with E-state index in [1.807, 2.05) is 48.5 Å². The largest absolute Gasteiger partial charge is 0.484 e. The number of alkyl halides is 3. The first kappa shape index (κ1) is 40.3. The van der Waals surface area contributed by atoms with E-state index in [0.717, 1.165) is 27.8 Å². The van der Waals surface area contributed by atoms with Crippen LogP contribution in [0.5, 0.6) is 29.0 Å². The fourth-order valence-corrected chi connectivity index (χ4v) is 5.76. The quantitative estimate of drug-likeness (QED) is 0.1000. The molecule has 0 bridgehead atoms. The number of hydrogen-bond acceptors (Lipinski definition) is 15. The van der Waals surface area contributed by atoms with Crippen LogP contribution in [0, 0.1) is 3.57 Å². The third kappa shape index (κ3) is 12.1. The average Bonchev–Trinajstić information content (AvgIpc) is 3.25. The maximum Gasteiger partial charge on any atom is 0.422 e. The molecule has 0 fully saturated rings. The number of anilines is 2. The number of fused-ring (bicyclic) bond motifs is 2. The van der Waals surface area contributed by atoms with Crippen LogP contribution in [0.1, 0.15) is 11.1 Å². The second kappa shape index (κ2) is 19.5. The second-order valence-electron chi connectivity index (χ2n) is 12.3. The van der Waals surface area contributed by atoms with Crippen molar-refractivity contribution < 1.29 is 27.4 Å². The zero-order valence-corrected chi connectivity index (χ0v) is 32.9. The Morgan fingerprint density at radius 1 is 0.508 bits per heavy atom. The van der Waals surface area contributed by atoms with Gasteiger partial charge in [0.25, 0.3) is 0 Å². The molecule has 19 heteroatoms. The van der Waals surface area contributed by atoms with Gasteiger partial charge in [0, 0.05) is 66.0 Å². The number of hydrogen-bond donors (Lipinski definition) is 2. The minimum atomic E-state index is -4.41. The van der Waals surface area contributed by atoms with Crippen LogP contribution in [-0.4, -0.2) is 75.7 Å². The van der Waals surface area contributed by atoms with Gasteiger partial charge < -0.3 is 24.8 Å². The molecular weight excluding hydrogens is 880 g/mol. The van der Waals surface area contributed by atoms with E-state index in [-0.39, 0.29) is 11.6 Å². The highest BCUT2D eigenvalue weighted by Crippen LogP contribution is 2.26. The van der Waals surface area contributed by atoms with Crippen LogP contribution in [0.15, 0.2) is 123 Å². The Morgan fingerprint density at radius 3 is 1.51 bits per heavy atom. The maximum atomic E-state index is 12.3. The fraction of sp³-hybridized carbons (Fsp3) is 0.150. The summed E-state index contributed by atoms with van der Waals surface area (Å²) in [6.45, 7) is -0.0407. The first-order valence-corrected chi connectivity index (χ1v) is 18.9. The Balaban J connectivity index is 0.000000181. The molecule has 0 saturated heterocycles. The zero-order valence-electron chi connectivity index (χ0n) is 30.8. The smallest absolute Gasteiger partial charge is 0.422 e.